The first-order valence-corrected chi connectivity index (χ1v) is 8.54. The van der Waals surface area contributed by atoms with Crippen LogP contribution in [0, 0.1) is 0 Å². The number of halogens is 2. The first-order chi connectivity index (χ1) is 12.1. The van der Waals surface area contributed by atoms with E-state index in [0.717, 1.165) is 11.1 Å². The SMILES string of the molecule is O=C1c2cccc(-c3ccc(Cl)cc3)c2C(=O)C1c1ccc(Cl)cc1. The van der Waals surface area contributed by atoms with E-state index in [1.807, 2.05) is 18.2 Å². The maximum Gasteiger partial charge on any atom is 0.179 e. The molecule has 1 unspecified atom stereocenters. The molecule has 0 N–H and O–H groups in total. The van der Waals surface area contributed by atoms with Crippen LogP contribution < -0.4 is 0 Å². The van der Waals surface area contributed by atoms with Gasteiger partial charge in [-0.2, -0.15) is 0 Å². The van der Waals surface area contributed by atoms with Crippen molar-refractivity contribution in [3.8, 4) is 11.1 Å². The van der Waals surface area contributed by atoms with Gasteiger partial charge in [0.25, 0.3) is 0 Å². The van der Waals surface area contributed by atoms with Crippen molar-refractivity contribution >= 4 is 34.8 Å². The van der Waals surface area contributed by atoms with Gasteiger partial charge in [0.1, 0.15) is 5.92 Å². The number of carbonyl (C=O) groups excluding carboxylic acids is 2. The van der Waals surface area contributed by atoms with E-state index in [4.69, 9.17) is 23.2 Å². The zero-order valence-corrected chi connectivity index (χ0v) is 14.5. The van der Waals surface area contributed by atoms with Gasteiger partial charge in [-0.15, -0.1) is 0 Å². The predicted molar refractivity (Wildman–Crippen MR) is 99.7 cm³/mol. The minimum atomic E-state index is -0.805. The molecule has 1 atom stereocenters. The number of Topliss-reactive ketones (excluding diaryl/α,β-unsaturated/α-hetero) is 2. The van der Waals surface area contributed by atoms with Gasteiger partial charge in [-0.1, -0.05) is 65.7 Å². The smallest absolute Gasteiger partial charge is 0.179 e. The molecule has 2 nitrogen and oxygen atoms in total. The summed E-state index contributed by atoms with van der Waals surface area (Å²) in [5, 5.41) is 1.19. The molecule has 3 aromatic carbocycles. The normalized spacial score (nSPS) is 16.2. The molecule has 0 amide bonds. The maximum atomic E-state index is 13.1. The second-order valence-corrected chi connectivity index (χ2v) is 6.82. The van der Waals surface area contributed by atoms with E-state index in [1.54, 1.807) is 48.5 Å². The number of carbonyl (C=O) groups is 2. The van der Waals surface area contributed by atoms with Crippen molar-refractivity contribution in [1.29, 1.82) is 0 Å². The molecule has 0 saturated heterocycles. The number of hydrogen-bond donors (Lipinski definition) is 0. The molecule has 0 saturated carbocycles. The Morgan fingerprint density at radius 1 is 0.640 bits per heavy atom. The average Bonchev–Trinajstić information content (AvgIpc) is 2.88. The lowest BCUT2D eigenvalue weighted by Crippen LogP contribution is -2.12. The summed E-state index contributed by atoms with van der Waals surface area (Å²) >= 11 is 11.9. The second-order valence-electron chi connectivity index (χ2n) is 5.95. The Bertz CT molecular complexity index is 989. The minimum absolute atomic E-state index is 0.168. The van der Waals surface area contributed by atoms with E-state index < -0.39 is 5.92 Å². The van der Waals surface area contributed by atoms with Gasteiger partial charge >= 0.3 is 0 Å². The molecule has 0 heterocycles. The van der Waals surface area contributed by atoms with Crippen molar-refractivity contribution in [3.05, 3.63) is 93.5 Å². The Kier molecular flexibility index (Phi) is 3.95. The van der Waals surface area contributed by atoms with Gasteiger partial charge in [0.2, 0.25) is 0 Å². The molecule has 0 aromatic heterocycles. The summed E-state index contributed by atoms with van der Waals surface area (Å²) in [4.78, 5) is 25.9. The number of rotatable bonds is 2. The van der Waals surface area contributed by atoms with E-state index in [-0.39, 0.29) is 11.6 Å². The van der Waals surface area contributed by atoms with Crippen LogP contribution in [-0.4, -0.2) is 11.6 Å². The van der Waals surface area contributed by atoms with Crippen LogP contribution in [0.3, 0.4) is 0 Å². The monoisotopic (exact) mass is 366 g/mol. The van der Waals surface area contributed by atoms with Crippen molar-refractivity contribution < 1.29 is 9.59 Å². The predicted octanol–water partition coefficient (Wildman–Crippen LogP) is 5.82. The highest BCUT2D eigenvalue weighted by Crippen LogP contribution is 2.39. The lowest BCUT2D eigenvalue weighted by molar-refractivity contribution is 0.0890. The summed E-state index contributed by atoms with van der Waals surface area (Å²) in [5.74, 6) is -1.15. The summed E-state index contributed by atoms with van der Waals surface area (Å²) in [5.41, 5.74) is 3.23. The molecule has 4 rings (SSSR count). The van der Waals surface area contributed by atoms with Crippen molar-refractivity contribution in [3.63, 3.8) is 0 Å². The molecule has 25 heavy (non-hydrogen) atoms. The molecule has 0 bridgehead atoms. The largest absolute Gasteiger partial charge is 0.293 e. The zero-order valence-electron chi connectivity index (χ0n) is 13.0. The zero-order chi connectivity index (χ0) is 17.6. The fourth-order valence-electron chi connectivity index (χ4n) is 3.27. The van der Waals surface area contributed by atoms with Crippen LogP contribution in [0.15, 0.2) is 66.7 Å². The minimum Gasteiger partial charge on any atom is -0.293 e. The quantitative estimate of drug-likeness (QED) is 0.535. The van der Waals surface area contributed by atoms with E-state index >= 15 is 0 Å². The van der Waals surface area contributed by atoms with E-state index in [9.17, 15) is 9.59 Å². The molecule has 122 valence electrons. The third-order valence-corrected chi connectivity index (χ3v) is 4.96. The number of benzene rings is 3. The molecule has 0 radical (unpaired) electrons. The van der Waals surface area contributed by atoms with Gasteiger partial charge in [-0.05, 0) is 41.0 Å². The molecule has 3 aromatic rings. The van der Waals surface area contributed by atoms with Crippen molar-refractivity contribution in [2.45, 2.75) is 5.92 Å². The van der Waals surface area contributed by atoms with Crippen molar-refractivity contribution in [1.82, 2.24) is 0 Å². The van der Waals surface area contributed by atoms with Crippen LogP contribution in [0.4, 0.5) is 0 Å². The Morgan fingerprint density at radius 2 is 1.20 bits per heavy atom. The second kappa shape index (κ2) is 6.14. The molecule has 0 aliphatic heterocycles. The number of fused-ring (bicyclic) bond motifs is 1. The van der Waals surface area contributed by atoms with Crippen molar-refractivity contribution in [2.75, 3.05) is 0 Å². The van der Waals surface area contributed by atoms with Gasteiger partial charge in [-0.25, -0.2) is 0 Å². The molecule has 4 heteroatoms. The third kappa shape index (κ3) is 2.68. The van der Waals surface area contributed by atoms with Gasteiger partial charge in [-0.3, -0.25) is 9.59 Å². The van der Waals surface area contributed by atoms with Gasteiger partial charge < -0.3 is 0 Å². The third-order valence-electron chi connectivity index (χ3n) is 4.46. The summed E-state index contributed by atoms with van der Waals surface area (Å²) < 4.78 is 0. The number of ketones is 2. The fraction of sp³-hybridized carbons (Fsp3) is 0.0476. The summed E-state index contributed by atoms with van der Waals surface area (Å²) in [7, 11) is 0. The van der Waals surface area contributed by atoms with Gasteiger partial charge in [0.05, 0.1) is 0 Å². The summed E-state index contributed by atoms with van der Waals surface area (Å²) in [6.07, 6.45) is 0. The highest BCUT2D eigenvalue weighted by atomic mass is 35.5. The standard InChI is InChI=1S/C21H12Cl2O2/c22-14-8-4-12(5-9-14)16-2-1-3-17-19(16)21(25)18(20(17)24)13-6-10-15(23)11-7-13/h1-11,18H. The lowest BCUT2D eigenvalue weighted by atomic mass is 9.93. The molecule has 1 aliphatic rings. The first-order valence-electron chi connectivity index (χ1n) is 7.79. The van der Waals surface area contributed by atoms with Crippen LogP contribution in [0.25, 0.3) is 11.1 Å². The van der Waals surface area contributed by atoms with Gasteiger partial charge in [0.15, 0.2) is 11.6 Å². The molecule has 0 spiro atoms. The Labute approximate surface area is 155 Å². The Morgan fingerprint density at radius 3 is 1.84 bits per heavy atom. The summed E-state index contributed by atoms with van der Waals surface area (Å²) in [6.45, 7) is 0. The van der Waals surface area contributed by atoms with Crippen LogP contribution in [0.2, 0.25) is 10.0 Å². The Balaban J connectivity index is 1.85. The summed E-state index contributed by atoms with van der Waals surface area (Å²) in [6, 6.07) is 19.5. The Hall–Kier alpha value is -2.42. The van der Waals surface area contributed by atoms with Crippen molar-refractivity contribution in [2.24, 2.45) is 0 Å². The van der Waals surface area contributed by atoms with Crippen LogP contribution >= 0.6 is 23.2 Å². The van der Waals surface area contributed by atoms with Crippen LogP contribution in [0.1, 0.15) is 32.2 Å². The highest BCUT2D eigenvalue weighted by molar-refractivity contribution is 6.32. The molecular weight excluding hydrogens is 355 g/mol. The van der Waals surface area contributed by atoms with Crippen LogP contribution in [-0.2, 0) is 0 Å². The van der Waals surface area contributed by atoms with E-state index in [1.165, 1.54) is 0 Å². The lowest BCUT2D eigenvalue weighted by Gasteiger charge is -2.08. The van der Waals surface area contributed by atoms with E-state index in [0.29, 0.717) is 26.7 Å². The first kappa shape index (κ1) is 16.1. The molecule has 1 aliphatic carbocycles. The fourth-order valence-corrected chi connectivity index (χ4v) is 3.52. The van der Waals surface area contributed by atoms with Crippen LogP contribution in [0.5, 0.6) is 0 Å². The average molecular weight is 367 g/mol. The maximum absolute atomic E-state index is 13.1. The number of hydrogen-bond acceptors (Lipinski definition) is 2. The topological polar surface area (TPSA) is 34.1 Å². The van der Waals surface area contributed by atoms with Gasteiger partial charge in [0, 0.05) is 21.2 Å². The van der Waals surface area contributed by atoms with E-state index in [2.05, 4.69) is 0 Å². The molecule has 0 fully saturated rings. The highest BCUT2D eigenvalue weighted by Gasteiger charge is 2.41. The molecular formula is C21H12Cl2O2.